The SMILES string of the molecule is CC(C)(O)c1cc(-c2ccc(-c3ccc4c(c3)CC=C4)cc2)n(-c2ccccc2Cl)n1. The van der Waals surface area contributed by atoms with E-state index in [0.29, 0.717) is 10.7 Å². The lowest BCUT2D eigenvalue weighted by Crippen LogP contribution is -2.16. The predicted molar refractivity (Wildman–Crippen MR) is 127 cm³/mol. The summed E-state index contributed by atoms with van der Waals surface area (Å²) in [5.74, 6) is 0. The van der Waals surface area contributed by atoms with E-state index in [1.54, 1.807) is 13.8 Å². The third kappa shape index (κ3) is 3.71. The second kappa shape index (κ2) is 7.52. The van der Waals surface area contributed by atoms with Gasteiger partial charge in [0, 0.05) is 5.56 Å². The summed E-state index contributed by atoms with van der Waals surface area (Å²) in [4.78, 5) is 0. The van der Waals surface area contributed by atoms with Crippen LogP contribution in [0.25, 0.3) is 34.1 Å². The summed E-state index contributed by atoms with van der Waals surface area (Å²) in [6, 6.07) is 24.6. The average molecular weight is 427 g/mol. The average Bonchev–Trinajstić information content (AvgIpc) is 3.41. The minimum Gasteiger partial charge on any atom is -0.384 e. The Morgan fingerprint density at radius 3 is 2.35 bits per heavy atom. The summed E-state index contributed by atoms with van der Waals surface area (Å²) >= 11 is 6.46. The summed E-state index contributed by atoms with van der Waals surface area (Å²) in [6.45, 7) is 3.48. The molecule has 3 nitrogen and oxygen atoms in total. The standard InChI is InChI=1S/C27H23ClN2O/c1-27(2,31)26-17-25(30(29-26)24-9-4-3-8-23(24)28)20-13-10-19(11-14-20)22-15-12-18-6-5-7-21(18)16-22/h3-6,8-17,31H,7H2,1-2H3. The highest BCUT2D eigenvalue weighted by Gasteiger charge is 2.23. The van der Waals surface area contributed by atoms with Crippen LogP contribution >= 0.6 is 11.6 Å². The third-order valence-corrected chi connectivity index (χ3v) is 6.03. The Labute approximate surface area is 187 Å². The Morgan fingerprint density at radius 2 is 1.61 bits per heavy atom. The molecule has 0 bridgehead atoms. The molecule has 0 spiro atoms. The van der Waals surface area contributed by atoms with Crippen molar-refractivity contribution in [3.05, 3.63) is 101 Å². The van der Waals surface area contributed by atoms with E-state index in [9.17, 15) is 5.11 Å². The van der Waals surface area contributed by atoms with Crippen LogP contribution < -0.4 is 0 Å². The van der Waals surface area contributed by atoms with Gasteiger partial charge in [0.05, 0.1) is 22.1 Å². The second-order valence-corrected chi connectivity index (χ2v) is 8.84. The molecule has 154 valence electrons. The van der Waals surface area contributed by atoms with Crippen molar-refractivity contribution in [3.63, 3.8) is 0 Å². The zero-order valence-electron chi connectivity index (χ0n) is 17.5. The molecule has 0 saturated heterocycles. The van der Waals surface area contributed by atoms with Gasteiger partial charge < -0.3 is 5.11 Å². The van der Waals surface area contributed by atoms with E-state index >= 15 is 0 Å². The number of aliphatic hydroxyl groups is 1. The molecule has 4 aromatic rings. The van der Waals surface area contributed by atoms with Gasteiger partial charge >= 0.3 is 0 Å². The van der Waals surface area contributed by atoms with Crippen LogP contribution in [-0.4, -0.2) is 14.9 Å². The molecule has 4 heteroatoms. The van der Waals surface area contributed by atoms with Crippen LogP contribution in [0.3, 0.4) is 0 Å². The van der Waals surface area contributed by atoms with Gasteiger partial charge in [-0.1, -0.05) is 78.4 Å². The summed E-state index contributed by atoms with van der Waals surface area (Å²) in [7, 11) is 0. The molecule has 1 aliphatic carbocycles. The highest BCUT2D eigenvalue weighted by atomic mass is 35.5. The van der Waals surface area contributed by atoms with Gasteiger partial charge in [0.1, 0.15) is 5.60 Å². The Kier molecular flexibility index (Phi) is 4.81. The highest BCUT2D eigenvalue weighted by molar-refractivity contribution is 6.32. The van der Waals surface area contributed by atoms with Gasteiger partial charge in [-0.25, -0.2) is 4.68 Å². The fourth-order valence-corrected chi connectivity index (χ4v) is 4.18. The minimum absolute atomic E-state index is 0.595. The van der Waals surface area contributed by atoms with Crippen molar-refractivity contribution in [2.24, 2.45) is 0 Å². The van der Waals surface area contributed by atoms with Crippen LogP contribution in [0.1, 0.15) is 30.7 Å². The molecule has 0 atom stereocenters. The minimum atomic E-state index is -1.06. The Hall–Kier alpha value is -3.14. The van der Waals surface area contributed by atoms with E-state index in [-0.39, 0.29) is 0 Å². The van der Waals surface area contributed by atoms with Gasteiger partial charge in [0.25, 0.3) is 0 Å². The molecule has 0 unspecified atom stereocenters. The molecular formula is C27H23ClN2O. The maximum Gasteiger partial charge on any atom is 0.103 e. The lowest BCUT2D eigenvalue weighted by atomic mass is 9.98. The lowest BCUT2D eigenvalue weighted by Gasteiger charge is -2.13. The van der Waals surface area contributed by atoms with E-state index < -0.39 is 5.60 Å². The first-order valence-corrected chi connectivity index (χ1v) is 10.8. The van der Waals surface area contributed by atoms with Crippen LogP contribution in [0.2, 0.25) is 5.02 Å². The molecule has 0 radical (unpaired) electrons. The van der Waals surface area contributed by atoms with Crippen molar-refractivity contribution < 1.29 is 5.11 Å². The Bertz CT molecular complexity index is 1290. The molecule has 0 saturated carbocycles. The number of halogens is 1. The normalized spacial score (nSPS) is 12.9. The van der Waals surface area contributed by atoms with E-state index in [2.05, 4.69) is 59.7 Å². The molecule has 1 N–H and O–H groups in total. The van der Waals surface area contributed by atoms with Gasteiger partial charge in [-0.05, 0) is 60.7 Å². The first-order valence-electron chi connectivity index (χ1n) is 10.4. The fraction of sp³-hybridized carbons (Fsp3) is 0.148. The van der Waals surface area contributed by atoms with Crippen LogP contribution in [0.4, 0.5) is 0 Å². The largest absolute Gasteiger partial charge is 0.384 e. The number of para-hydroxylation sites is 1. The molecule has 3 aromatic carbocycles. The number of hydrogen-bond acceptors (Lipinski definition) is 2. The summed E-state index contributed by atoms with van der Waals surface area (Å²) in [5, 5.41) is 15.8. The highest BCUT2D eigenvalue weighted by Crippen LogP contribution is 2.33. The van der Waals surface area contributed by atoms with Crippen molar-refractivity contribution in [1.29, 1.82) is 0 Å². The third-order valence-electron chi connectivity index (χ3n) is 5.71. The number of nitrogens with zero attached hydrogens (tertiary/aromatic N) is 2. The van der Waals surface area contributed by atoms with Gasteiger partial charge in [0.2, 0.25) is 0 Å². The molecular weight excluding hydrogens is 404 g/mol. The predicted octanol–water partition coefficient (Wildman–Crippen LogP) is 6.66. The summed E-state index contributed by atoms with van der Waals surface area (Å²) < 4.78 is 1.81. The Balaban J connectivity index is 1.57. The van der Waals surface area contributed by atoms with Crippen molar-refractivity contribution in [1.82, 2.24) is 9.78 Å². The molecule has 0 aliphatic heterocycles. The molecule has 5 rings (SSSR count). The summed E-state index contributed by atoms with van der Waals surface area (Å²) in [6.07, 6.45) is 5.38. The van der Waals surface area contributed by atoms with Crippen molar-refractivity contribution in [2.45, 2.75) is 25.9 Å². The number of fused-ring (bicyclic) bond motifs is 1. The number of allylic oxidation sites excluding steroid dienone is 1. The second-order valence-electron chi connectivity index (χ2n) is 8.43. The van der Waals surface area contributed by atoms with Gasteiger partial charge in [0.15, 0.2) is 0 Å². The zero-order valence-corrected chi connectivity index (χ0v) is 18.3. The quantitative estimate of drug-likeness (QED) is 0.396. The van der Waals surface area contributed by atoms with E-state index in [1.807, 2.05) is 35.0 Å². The van der Waals surface area contributed by atoms with Gasteiger partial charge in [-0.2, -0.15) is 5.10 Å². The van der Waals surface area contributed by atoms with Crippen molar-refractivity contribution in [3.8, 4) is 28.1 Å². The molecule has 1 heterocycles. The molecule has 0 fully saturated rings. The summed E-state index contributed by atoms with van der Waals surface area (Å²) in [5.41, 5.74) is 7.28. The topological polar surface area (TPSA) is 38.0 Å². The molecule has 1 aromatic heterocycles. The van der Waals surface area contributed by atoms with E-state index in [0.717, 1.165) is 23.4 Å². The monoisotopic (exact) mass is 426 g/mol. The first kappa shape index (κ1) is 19.8. The van der Waals surface area contributed by atoms with Crippen molar-refractivity contribution in [2.75, 3.05) is 0 Å². The Morgan fingerprint density at radius 1 is 0.903 bits per heavy atom. The smallest absolute Gasteiger partial charge is 0.103 e. The van der Waals surface area contributed by atoms with E-state index in [4.69, 9.17) is 11.6 Å². The van der Waals surface area contributed by atoms with E-state index in [1.165, 1.54) is 22.3 Å². The number of rotatable bonds is 4. The maximum absolute atomic E-state index is 10.5. The number of aromatic nitrogens is 2. The first-order chi connectivity index (χ1) is 14.9. The van der Waals surface area contributed by atoms with Crippen LogP contribution in [-0.2, 0) is 12.0 Å². The van der Waals surface area contributed by atoms with Gasteiger partial charge in [-0.3, -0.25) is 0 Å². The molecule has 0 amide bonds. The zero-order chi connectivity index (χ0) is 21.6. The number of benzene rings is 3. The molecule has 31 heavy (non-hydrogen) atoms. The van der Waals surface area contributed by atoms with Crippen molar-refractivity contribution >= 4 is 17.7 Å². The van der Waals surface area contributed by atoms with Crippen LogP contribution in [0.15, 0.2) is 78.9 Å². The fourth-order valence-electron chi connectivity index (χ4n) is 3.96. The van der Waals surface area contributed by atoms with Crippen LogP contribution in [0, 0.1) is 0 Å². The van der Waals surface area contributed by atoms with Gasteiger partial charge in [-0.15, -0.1) is 0 Å². The number of hydrogen-bond donors (Lipinski definition) is 1. The van der Waals surface area contributed by atoms with Crippen LogP contribution in [0.5, 0.6) is 0 Å². The molecule has 1 aliphatic rings. The maximum atomic E-state index is 10.5. The lowest BCUT2D eigenvalue weighted by molar-refractivity contribution is 0.0734.